The summed E-state index contributed by atoms with van der Waals surface area (Å²) in [6, 6.07) is 14.9. The fourth-order valence-electron chi connectivity index (χ4n) is 1.87. The minimum Gasteiger partial charge on any atom is -0.394 e. The maximum absolute atomic E-state index is 9.45. The summed E-state index contributed by atoms with van der Waals surface area (Å²) in [6.45, 7) is -0.0267. The van der Waals surface area contributed by atoms with Crippen LogP contribution in [0.4, 0.5) is 5.82 Å². The van der Waals surface area contributed by atoms with Crippen molar-refractivity contribution in [2.75, 3.05) is 11.9 Å². The van der Waals surface area contributed by atoms with Gasteiger partial charge < -0.3 is 10.4 Å². The van der Waals surface area contributed by atoms with E-state index in [2.05, 4.69) is 10.3 Å². The van der Waals surface area contributed by atoms with Crippen molar-refractivity contribution in [3.63, 3.8) is 0 Å². The van der Waals surface area contributed by atoms with E-state index in [4.69, 9.17) is 16.9 Å². The second-order valence-electron chi connectivity index (χ2n) is 4.35. The van der Waals surface area contributed by atoms with Gasteiger partial charge in [-0.3, -0.25) is 0 Å². The van der Waals surface area contributed by atoms with E-state index < -0.39 is 0 Å². The van der Waals surface area contributed by atoms with Crippen LogP contribution in [-0.4, -0.2) is 22.7 Å². The van der Waals surface area contributed by atoms with E-state index in [1.165, 1.54) is 0 Å². The van der Waals surface area contributed by atoms with Crippen molar-refractivity contribution in [1.82, 2.24) is 4.98 Å². The molecule has 1 atom stereocenters. The molecule has 2 rings (SSSR count). The third-order valence-electron chi connectivity index (χ3n) is 2.85. The van der Waals surface area contributed by atoms with Gasteiger partial charge in [0, 0.05) is 0 Å². The summed E-state index contributed by atoms with van der Waals surface area (Å²) >= 11 is 5.83. The molecule has 0 bridgehead atoms. The van der Waals surface area contributed by atoms with E-state index in [-0.39, 0.29) is 18.3 Å². The number of hydrogen-bond acceptors (Lipinski definition) is 4. The molecule has 0 amide bonds. The number of anilines is 1. The zero-order valence-corrected chi connectivity index (χ0v) is 11.5. The molecule has 102 valence electrons. The van der Waals surface area contributed by atoms with Crippen LogP contribution in [0, 0.1) is 11.3 Å². The smallest absolute Gasteiger partial charge is 0.161 e. The summed E-state index contributed by atoms with van der Waals surface area (Å²) in [5, 5.41) is 21.8. The quantitative estimate of drug-likeness (QED) is 0.887. The monoisotopic (exact) mass is 287 g/mol. The van der Waals surface area contributed by atoms with Gasteiger partial charge in [0.1, 0.15) is 11.9 Å². The first kappa shape index (κ1) is 14.3. The van der Waals surface area contributed by atoms with Crippen LogP contribution in [0.25, 0.3) is 0 Å². The fourth-order valence-corrected chi connectivity index (χ4v) is 2.02. The van der Waals surface area contributed by atoms with Gasteiger partial charge in [-0.2, -0.15) is 5.26 Å². The van der Waals surface area contributed by atoms with Crippen molar-refractivity contribution in [2.24, 2.45) is 0 Å². The van der Waals surface area contributed by atoms with Gasteiger partial charge >= 0.3 is 0 Å². The number of nitrogens with zero attached hydrogens (tertiary/aromatic N) is 2. The van der Waals surface area contributed by atoms with Crippen LogP contribution >= 0.6 is 11.6 Å². The number of benzene rings is 1. The van der Waals surface area contributed by atoms with Gasteiger partial charge in [0.25, 0.3) is 0 Å². The molecule has 0 unspecified atom stereocenters. The largest absolute Gasteiger partial charge is 0.394 e. The van der Waals surface area contributed by atoms with E-state index in [9.17, 15) is 5.11 Å². The van der Waals surface area contributed by atoms with Crippen LogP contribution in [0.15, 0.2) is 42.5 Å². The molecular formula is C15H14ClN3O. The van der Waals surface area contributed by atoms with Crippen molar-refractivity contribution in [3.05, 3.63) is 58.7 Å². The van der Waals surface area contributed by atoms with Crippen LogP contribution in [0.5, 0.6) is 0 Å². The number of pyridine rings is 1. The highest BCUT2D eigenvalue weighted by molar-refractivity contribution is 6.31. The molecule has 0 aliphatic rings. The van der Waals surface area contributed by atoms with E-state index in [0.717, 1.165) is 5.56 Å². The molecule has 5 heteroatoms. The zero-order chi connectivity index (χ0) is 14.4. The Hall–Kier alpha value is -2.09. The summed E-state index contributed by atoms with van der Waals surface area (Å²) in [7, 11) is 0. The van der Waals surface area contributed by atoms with Crippen molar-refractivity contribution >= 4 is 17.4 Å². The van der Waals surface area contributed by atoms with Crippen LogP contribution in [0.3, 0.4) is 0 Å². The summed E-state index contributed by atoms with van der Waals surface area (Å²) in [4.78, 5) is 4.10. The Bertz CT molecular complexity index is 610. The Kier molecular flexibility index (Phi) is 4.94. The lowest BCUT2D eigenvalue weighted by Crippen LogP contribution is -2.26. The van der Waals surface area contributed by atoms with E-state index in [0.29, 0.717) is 17.3 Å². The van der Waals surface area contributed by atoms with Crippen LogP contribution in [0.1, 0.15) is 11.3 Å². The topological polar surface area (TPSA) is 68.9 Å². The molecule has 0 saturated carbocycles. The van der Waals surface area contributed by atoms with E-state index in [1.807, 2.05) is 36.4 Å². The molecule has 1 aromatic heterocycles. The average molecular weight is 288 g/mol. The number of halogens is 1. The molecule has 4 nitrogen and oxygen atoms in total. The van der Waals surface area contributed by atoms with Gasteiger partial charge in [-0.1, -0.05) is 41.9 Å². The first-order valence-electron chi connectivity index (χ1n) is 6.21. The Balaban J connectivity index is 2.09. The predicted octanol–water partition coefficient (Wildman–Crippen LogP) is 2.62. The first-order chi connectivity index (χ1) is 9.72. The molecule has 20 heavy (non-hydrogen) atoms. The Morgan fingerprint density at radius 2 is 2.00 bits per heavy atom. The van der Waals surface area contributed by atoms with E-state index in [1.54, 1.807) is 12.1 Å². The zero-order valence-electron chi connectivity index (χ0n) is 10.8. The van der Waals surface area contributed by atoms with Crippen molar-refractivity contribution < 1.29 is 5.11 Å². The number of nitriles is 1. The maximum Gasteiger partial charge on any atom is 0.161 e. The van der Waals surface area contributed by atoms with Gasteiger partial charge in [0.15, 0.2) is 5.69 Å². The van der Waals surface area contributed by atoms with E-state index >= 15 is 0 Å². The summed E-state index contributed by atoms with van der Waals surface area (Å²) < 4.78 is 0. The second-order valence-corrected chi connectivity index (χ2v) is 4.76. The maximum atomic E-state index is 9.45. The summed E-state index contributed by atoms with van der Waals surface area (Å²) in [6.07, 6.45) is 0.670. The highest BCUT2D eigenvalue weighted by Crippen LogP contribution is 2.17. The molecule has 0 aliphatic carbocycles. The minimum atomic E-state index is -0.169. The summed E-state index contributed by atoms with van der Waals surface area (Å²) in [5.41, 5.74) is 1.29. The van der Waals surface area contributed by atoms with Gasteiger partial charge in [-0.25, -0.2) is 4.98 Å². The molecule has 0 radical (unpaired) electrons. The second kappa shape index (κ2) is 6.90. The lowest BCUT2D eigenvalue weighted by Gasteiger charge is -2.17. The van der Waals surface area contributed by atoms with Gasteiger partial charge in [-0.05, 0) is 24.1 Å². The van der Waals surface area contributed by atoms with Gasteiger partial charge in [-0.15, -0.1) is 0 Å². The third kappa shape index (κ3) is 3.70. The molecule has 0 saturated heterocycles. The molecule has 0 spiro atoms. The van der Waals surface area contributed by atoms with Crippen molar-refractivity contribution in [1.29, 1.82) is 5.26 Å². The summed E-state index contributed by atoms with van der Waals surface area (Å²) in [5.74, 6) is 0.529. The molecule has 2 N–H and O–H groups in total. The number of rotatable bonds is 5. The van der Waals surface area contributed by atoms with Gasteiger partial charge in [0.2, 0.25) is 0 Å². The number of aliphatic hydroxyl groups excluding tert-OH is 1. The SMILES string of the molecule is N#Cc1nc(N[C@@H](CO)Cc2ccccc2)ccc1Cl. The number of aliphatic hydroxyl groups is 1. The highest BCUT2D eigenvalue weighted by atomic mass is 35.5. The predicted molar refractivity (Wildman–Crippen MR) is 78.6 cm³/mol. The number of hydrogen-bond donors (Lipinski definition) is 2. The van der Waals surface area contributed by atoms with Gasteiger partial charge in [0.05, 0.1) is 17.7 Å². The lowest BCUT2D eigenvalue weighted by molar-refractivity contribution is 0.273. The normalized spacial score (nSPS) is 11.7. The molecule has 1 heterocycles. The van der Waals surface area contributed by atoms with Crippen molar-refractivity contribution in [3.8, 4) is 6.07 Å². The molecule has 1 aromatic carbocycles. The molecule has 0 aliphatic heterocycles. The fraction of sp³-hybridized carbons (Fsp3) is 0.200. The Morgan fingerprint density at radius 3 is 2.65 bits per heavy atom. The molecular weight excluding hydrogens is 274 g/mol. The minimum absolute atomic E-state index is 0.0267. The average Bonchev–Trinajstić information content (AvgIpc) is 2.49. The molecule has 0 fully saturated rings. The van der Waals surface area contributed by atoms with Crippen LogP contribution in [-0.2, 0) is 6.42 Å². The van der Waals surface area contributed by atoms with Crippen LogP contribution in [0.2, 0.25) is 5.02 Å². The van der Waals surface area contributed by atoms with Crippen LogP contribution < -0.4 is 5.32 Å². The number of nitrogens with one attached hydrogen (secondary N) is 1. The van der Waals surface area contributed by atoms with Crippen molar-refractivity contribution in [2.45, 2.75) is 12.5 Å². The first-order valence-corrected chi connectivity index (χ1v) is 6.58. The number of aromatic nitrogens is 1. The standard InChI is InChI=1S/C15H14ClN3O/c16-13-6-7-15(19-14(13)9-17)18-12(10-20)8-11-4-2-1-3-5-11/h1-7,12,20H,8,10H2,(H,18,19)/t12-/m1/s1. The Labute approximate surface area is 122 Å². The highest BCUT2D eigenvalue weighted by Gasteiger charge is 2.10. The lowest BCUT2D eigenvalue weighted by atomic mass is 10.1. The third-order valence-corrected chi connectivity index (χ3v) is 3.15. The molecule has 2 aromatic rings. The Morgan fingerprint density at radius 1 is 1.25 bits per heavy atom.